The number of morpholine rings is 1. The van der Waals surface area contributed by atoms with Gasteiger partial charge in [0.1, 0.15) is 54.2 Å². The van der Waals surface area contributed by atoms with Crippen molar-refractivity contribution in [2.75, 3.05) is 98.3 Å². The van der Waals surface area contributed by atoms with Crippen molar-refractivity contribution in [2.24, 2.45) is 0 Å². The van der Waals surface area contributed by atoms with Crippen LogP contribution in [0.1, 0.15) is 137 Å². The lowest BCUT2D eigenvalue weighted by Gasteiger charge is -2.27. The van der Waals surface area contributed by atoms with Crippen molar-refractivity contribution in [2.45, 2.75) is 34.6 Å². The highest BCUT2D eigenvalue weighted by atomic mass is 32.1. The number of carbonyl (C=O) groups excluding carboxylic acids is 14. The first-order valence-corrected chi connectivity index (χ1v) is 41.8. The smallest absolute Gasteiger partial charge is 0.414 e. The SMILES string of the molecule is CCOC(=O)NC(=O)c1ccsc1NC(=O)c1ccccn1.CCOC(=O)NC(=O)c1ccsc1NC(=O)c1ccnc(N(C)C)c1.CCOC(=O)NC(=O)c1ccsc1NC(=O)c1ccncn1.CCOC(=O)NC(=O)c1ccsc1NC(=O)c1cnccn1.Cc1c(-c2ccccc2)sc(NC(=O)c2nc3ccccc3s2)c1C(=O)N1CCOCC1. The summed E-state index contributed by atoms with van der Waals surface area (Å²) in [5.74, 6) is -4.13. The van der Waals surface area contributed by atoms with Gasteiger partial charge in [-0.15, -0.1) is 68.0 Å². The number of thiophene rings is 5. The predicted molar refractivity (Wildman–Crippen MR) is 463 cm³/mol. The molecule has 43 heteroatoms. The minimum atomic E-state index is -0.843. The van der Waals surface area contributed by atoms with Crippen molar-refractivity contribution >= 4 is 193 Å². The van der Waals surface area contributed by atoms with Gasteiger partial charge in [-0.3, -0.25) is 79.2 Å². The largest absolute Gasteiger partial charge is 0.450 e. The third kappa shape index (κ3) is 27.1. The molecule has 0 atom stereocenters. The Morgan fingerprint density at radius 1 is 0.439 bits per heavy atom. The van der Waals surface area contributed by atoms with Crippen molar-refractivity contribution in [3.63, 3.8) is 0 Å². The number of aromatic nitrogens is 7. The van der Waals surface area contributed by atoms with E-state index >= 15 is 0 Å². The van der Waals surface area contributed by atoms with E-state index in [0.29, 0.717) is 73.3 Å². The van der Waals surface area contributed by atoms with Gasteiger partial charge in [0, 0.05) is 68.6 Å². The summed E-state index contributed by atoms with van der Waals surface area (Å²) >= 11 is 7.42. The molecule has 0 unspecified atom stereocenters. The lowest BCUT2D eigenvalue weighted by molar-refractivity contribution is 0.0303. The van der Waals surface area contributed by atoms with Crippen LogP contribution in [-0.2, 0) is 23.7 Å². The summed E-state index contributed by atoms with van der Waals surface area (Å²) < 4.78 is 24.9. The number of carbonyl (C=O) groups is 14. The summed E-state index contributed by atoms with van der Waals surface area (Å²) in [7, 11) is 3.64. The van der Waals surface area contributed by atoms with Gasteiger partial charge in [-0.2, -0.15) is 0 Å². The van der Waals surface area contributed by atoms with Gasteiger partial charge >= 0.3 is 24.4 Å². The second kappa shape index (κ2) is 46.8. The van der Waals surface area contributed by atoms with Gasteiger partial charge in [-0.25, -0.2) is 44.1 Å². The second-order valence-electron chi connectivity index (χ2n) is 24.3. The first-order chi connectivity index (χ1) is 59.4. The minimum absolute atomic E-state index is 0.0798. The third-order valence-electron chi connectivity index (χ3n) is 15.9. The van der Waals surface area contributed by atoms with E-state index in [1.807, 2.05) is 75.6 Å². The number of fused-ring (bicyclic) bond motifs is 1. The van der Waals surface area contributed by atoms with Crippen molar-refractivity contribution in [1.82, 2.24) is 61.1 Å². The van der Waals surface area contributed by atoms with E-state index in [0.717, 1.165) is 48.9 Å². The zero-order chi connectivity index (χ0) is 88.3. The average molecular weight is 1790 g/mol. The fourth-order valence-corrected chi connectivity index (χ4v) is 15.4. The van der Waals surface area contributed by atoms with E-state index in [2.05, 4.69) is 102 Å². The third-order valence-corrected chi connectivity index (χ3v) is 21.5. The van der Waals surface area contributed by atoms with Gasteiger partial charge < -0.3 is 60.1 Å². The zero-order valence-electron chi connectivity index (χ0n) is 66.2. The number of hydrogen-bond acceptors (Lipinski definition) is 33. The van der Waals surface area contributed by atoms with Gasteiger partial charge in [-0.05, 0) is 134 Å². The summed E-state index contributed by atoms with van der Waals surface area (Å²) in [5, 5.41) is 30.4. The van der Waals surface area contributed by atoms with Crippen LogP contribution in [-0.4, -0.2) is 190 Å². The highest BCUT2D eigenvalue weighted by Gasteiger charge is 2.30. The maximum absolute atomic E-state index is 13.5. The Labute approximate surface area is 724 Å². The number of para-hydroxylation sites is 1. The number of nitrogens with zero attached hydrogens (tertiary/aromatic N) is 9. The Kier molecular flexibility index (Phi) is 35.2. The average Bonchev–Trinajstić information content (AvgIpc) is 1.63. The standard InChI is InChI=1S/C24H21N3O3S2.C16H18N4O4S.C14H13N3O4S.2C13H12N4O4S/c1-15-19(24(29)27-11-13-30-14-12-27)22(32-20(15)16-7-3-2-4-8-16)26-21(28)23-25-17-9-5-6-10-18(17)31-23;1-4-24-16(23)19-14(22)11-6-8-25-15(11)18-13(21)10-5-7-17-12(9-10)20(2)3;1-2-21-14(20)17-11(18)9-6-8-22-13(9)16-12(19)10-5-3-4-7-15-10;1-2-21-13(20)17-10(18)8-3-6-22-12(8)16-11(19)9-7-14-4-5-15-9;1-2-21-13(20)17-10(18)8-4-6-22-12(8)16-11(19)9-3-5-14-7-15-9/h2-10H,11-14H2,1H3,(H,26,28);5-9H,4H2,1-3H3,(H,18,21)(H,19,22,23);3-8H,2H2,1H3,(H,16,19)(H,17,18,20);2*3-7H,2H2,1H3,(H,16,19)(H,17,18,20). The highest BCUT2D eigenvalue weighted by molar-refractivity contribution is 7.21. The molecule has 1 fully saturated rings. The van der Waals surface area contributed by atoms with Crippen LogP contribution in [0.5, 0.6) is 0 Å². The summed E-state index contributed by atoms with van der Waals surface area (Å²) in [5.41, 5.74) is 4.85. The maximum Gasteiger partial charge on any atom is 0.414 e. The molecule has 0 bridgehead atoms. The zero-order valence-corrected chi connectivity index (χ0v) is 71.1. The van der Waals surface area contributed by atoms with Gasteiger partial charge in [0.25, 0.3) is 59.1 Å². The number of ether oxygens (including phenoxy) is 5. The van der Waals surface area contributed by atoms with Crippen LogP contribution in [0.4, 0.5) is 50.0 Å². The van der Waals surface area contributed by atoms with Gasteiger partial charge in [0.15, 0.2) is 5.01 Å². The van der Waals surface area contributed by atoms with Gasteiger partial charge in [0.2, 0.25) is 0 Å². The molecule has 13 rings (SSSR count). The Morgan fingerprint density at radius 3 is 1.36 bits per heavy atom. The Hall–Kier alpha value is -14.4. The molecule has 0 radical (unpaired) electrons. The molecule has 1 aliphatic heterocycles. The number of pyridine rings is 2. The highest BCUT2D eigenvalue weighted by Crippen LogP contribution is 2.41. The van der Waals surface area contributed by atoms with Crippen LogP contribution in [0.3, 0.4) is 0 Å². The fraction of sp³-hybridized carbons (Fsp3) is 0.188. The van der Waals surface area contributed by atoms with Crippen molar-refractivity contribution in [3.05, 3.63) is 241 Å². The quantitative estimate of drug-likeness (QED) is 0.0302. The van der Waals surface area contributed by atoms with Crippen molar-refractivity contribution in [3.8, 4) is 10.4 Å². The monoisotopic (exact) mass is 1780 g/mol. The fourth-order valence-electron chi connectivity index (χ4n) is 10.2. The lowest BCUT2D eigenvalue weighted by atomic mass is 10.1. The molecule has 123 heavy (non-hydrogen) atoms. The van der Waals surface area contributed by atoms with Crippen molar-refractivity contribution in [1.29, 1.82) is 0 Å². The van der Waals surface area contributed by atoms with Crippen LogP contribution in [0.15, 0.2) is 180 Å². The van der Waals surface area contributed by atoms with Crippen LogP contribution in [0.2, 0.25) is 0 Å². The molecule has 14 amide bonds. The Balaban J connectivity index is 0.000000176. The molecule has 12 aromatic rings. The number of imide groups is 4. The first-order valence-electron chi connectivity index (χ1n) is 36.6. The predicted octanol–water partition coefficient (Wildman–Crippen LogP) is 13.0. The molecule has 10 aromatic heterocycles. The Bertz CT molecular complexity index is 5400. The molecule has 1 aliphatic rings. The minimum Gasteiger partial charge on any atom is -0.450 e. The van der Waals surface area contributed by atoms with Gasteiger partial charge in [0.05, 0.1) is 83.9 Å². The van der Waals surface area contributed by atoms with Gasteiger partial charge in [-0.1, -0.05) is 48.5 Å². The van der Waals surface area contributed by atoms with Crippen LogP contribution in [0, 0.1) is 6.92 Å². The molecule has 37 nitrogen and oxygen atoms in total. The number of hydrogen-bond donors (Lipinski definition) is 9. The van der Waals surface area contributed by atoms with E-state index in [1.165, 1.54) is 119 Å². The lowest BCUT2D eigenvalue weighted by Crippen LogP contribution is -2.41. The van der Waals surface area contributed by atoms with E-state index in [-0.39, 0.29) is 83.5 Å². The molecule has 636 valence electrons. The number of amides is 14. The molecule has 0 aliphatic carbocycles. The molecule has 0 spiro atoms. The summed E-state index contributed by atoms with van der Waals surface area (Å²) in [6.45, 7) is 11.2. The second-order valence-corrected chi connectivity index (χ2v) is 30.1. The van der Waals surface area contributed by atoms with E-state index in [9.17, 15) is 67.1 Å². The number of benzene rings is 2. The molecule has 2 aromatic carbocycles. The number of thiazole rings is 1. The van der Waals surface area contributed by atoms with E-state index in [1.54, 1.807) is 89.3 Å². The molecule has 1 saturated heterocycles. The normalized spacial score (nSPS) is 11.0. The molecular formula is C80H76N18O19S6. The van der Waals surface area contributed by atoms with E-state index in [4.69, 9.17) is 4.74 Å². The first kappa shape index (κ1) is 92.5. The molecule has 11 heterocycles. The number of nitrogens with one attached hydrogen (secondary N) is 9. The Morgan fingerprint density at radius 2 is 0.902 bits per heavy atom. The van der Waals surface area contributed by atoms with Crippen LogP contribution < -0.4 is 52.8 Å². The molecular weight excluding hydrogens is 1710 g/mol. The number of alkyl carbamates (subject to hydrolysis) is 4. The summed E-state index contributed by atoms with van der Waals surface area (Å²) in [6.07, 6.45) is 6.50. The number of anilines is 6. The molecule has 0 saturated carbocycles. The molecule has 9 N–H and O–H groups in total. The topological polar surface area (TPSA) is 490 Å². The summed E-state index contributed by atoms with van der Waals surface area (Å²) in [6, 6.07) is 33.2. The van der Waals surface area contributed by atoms with Crippen LogP contribution in [0.25, 0.3) is 20.7 Å². The van der Waals surface area contributed by atoms with E-state index < -0.39 is 65.7 Å². The number of rotatable bonds is 21. The maximum atomic E-state index is 13.5. The van der Waals surface area contributed by atoms with Crippen molar-refractivity contribution < 1.29 is 90.8 Å². The van der Waals surface area contributed by atoms with Crippen LogP contribution >= 0.6 is 68.0 Å². The summed E-state index contributed by atoms with van der Waals surface area (Å²) in [4.78, 5) is 200.